The van der Waals surface area contributed by atoms with Crippen molar-refractivity contribution < 1.29 is 32.1 Å². The van der Waals surface area contributed by atoms with E-state index in [9.17, 15) is 28.1 Å². The van der Waals surface area contributed by atoms with Gasteiger partial charge in [0.25, 0.3) is 15.7 Å². The van der Waals surface area contributed by atoms with Crippen LogP contribution in [0.15, 0.2) is 102 Å². The van der Waals surface area contributed by atoms with Crippen molar-refractivity contribution in [2.75, 3.05) is 18.0 Å². The number of benzene rings is 4. The Morgan fingerprint density at radius 1 is 0.958 bits per heavy atom. The van der Waals surface area contributed by atoms with E-state index < -0.39 is 55.7 Å². The molecule has 2 amide bonds. The third-order valence-corrected chi connectivity index (χ3v) is 9.37. The monoisotopic (exact) mass is 676 g/mol. The number of hydrogen-bond donors (Lipinski definition) is 1. The molecule has 0 aliphatic carbocycles. The Morgan fingerprint density at radius 2 is 1.60 bits per heavy atom. The lowest BCUT2D eigenvalue weighted by Crippen LogP contribution is -2.54. The number of ether oxygens (including phenoxy) is 1. The van der Waals surface area contributed by atoms with Gasteiger partial charge in [-0.25, -0.2) is 12.8 Å². The second-order valence-corrected chi connectivity index (χ2v) is 13.3. The molecule has 1 N–H and O–H groups in total. The first-order chi connectivity index (χ1) is 22.8. The van der Waals surface area contributed by atoms with Gasteiger partial charge >= 0.3 is 0 Å². The third-order valence-electron chi connectivity index (χ3n) is 7.61. The number of carbonyl (C=O) groups is 2. The van der Waals surface area contributed by atoms with Gasteiger partial charge in [0.2, 0.25) is 11.8 Å². The van der Waals surface area contributed by atoms with Crippen LogP contribution in [0.2, 0.25) is 0 Å². The molecule has 4 aromatic carbocycles. The molecule has 252 valence electrons. The summed E-state index contributed by atoms with van der Waals surface area (Å²) >= 11 is 0. The Hall–Kier alpha value is -5.30. The van der Waals surface area contributed by atoms with E-state index in [4.69, 9.17) is 4.74 Å². The number of aryl methyl sites for hydroxylation is 1. The zero-order chi connectivity index (χ0) is 35.0. The van der Waals surface area contributed by atoms with Crippen LogP contribution in [0.5, 0.6) is 5.75 Å². The fourth-order valence-electron chi connectivity index (χ4n) is 5.10. The summed E-state index contributed by atoms with van der Waals surface area (Å²) in [5.74, 6) is -1.50. The number of nitro groups is 1. The number of nitrogens with one attached hydrogen (secondary N) is 1. The molecule has 0 fully saturated rings. The minimum atomic E-state index is -4.61. The van der Waals surface area contributed by atoms with Crippen molar-refractivity contribution in [2.45, 2.75) is 50.7 Å². The zero-order valence-corrected chi connectivity index (χ0v) is 27.8. The molecule has 0 bridgehead atoms. The van der Waals surface area contributed by atoms with Crippen LogP contribution in [0.3, 0.4) is 0 Å². The van der Waals surface area contributed by atoms with Gasteiger partial charge in [-0.2, -0.15) is 0 Å². The van der Waals surface area contributed by atoms with Gasteiger partial charge in [-0.15, -0.1) is 0 Å². The second kappa shape index (κ2) is 15.5. The summed E-state index contributed by atoms with van der Waals surface area (Å²) in [4.78, 5) is 40.0. The highest BCUT2D eigenvalue weighted by Crippen LogP contribution is 2.30. The average molecular weight is 677 g/mol. The van der Waals surface area contributed by atoms with Crippen LogP contribution in [-0.2, 0) is 32.6 Å². The topological polar surface area (TPSA) is 139 Å². The molecule has 0 saturated heterocycles. The lowest BCUT2D eigenvalue weighted by atomic mass is 10.0. The Balaban J connectivity index is 1.85. The number of sulfonamides is 1. The molecule has 0 heterocycles. The summed E-state index contributed by atoms with van der Waals surface area (Å²) in [5, 5.41) is 14.5. The minimum Gasteiger partial charge on any atom is -0.497 e. The van der Waals surface area contributed by atoms with E-state index in [0.29, 0.717) is 5.75 Å². The van der Waals surface area contributed by atoms with E-state index in [1.807, 2.05) is 6.07 Å². The van der Waals surface area contributed by atoms with Crippen LogP contribution < -0.4 is 14.4 Å². The van der Waals surface area contributed by atoms with Crippen LogP contribution in [0.1, 0.15) is 30.5 Å². The van der Waals surface area contributed by atoms with E-state index >= 15 is 4.39 Å². The van der Waals surface area contributed by atoms with Gasteiger partial charge in [0.15, 0.2) is 0 Å². The third kappa shape index (κ3) is 8.53. The van der Waals surface area contributed by atoms with Gasteiger partial charge in [0, 0.05) is 36.2 Å². The number of hydrogen-bond acceptors (Lipinski definition) is 7. The number of amides is 2. The first-order valence-corrected chi connectivity index (χ1v) is 16.5. The summed E-state index contributed by atoms with van der Waals surface area (Å²) in [6.07, 6.45) is 0.0546. The molecule has 0 unspecified atom stereocenters. The quantitative estimate of drug-likeness (QED) is 0.139. The number of halogens is 1. The maximum atomic E-state index is 15.0. The fraction of sp³-hybridized carbons (Fsp3) is 0.257. The number of anilines is 1. The van der Waals surface area contributed by atoms with Gasteiger partial charge in [-0.3, -0.25) is 24.0 Å². The molecule has 11 nitrogen and oxygen atoms in total. The molecule has 0 radical (unpaired) electrons. The van der Waals surface area contributed by atoms with Gasteiger partial charge in [-0.05, 0) is 62.7 Å². The van der Waals surface area contributed by atoms with Crippen molar-refractivity contribution in [3.63, 3.8) is 0 Å². The van der Waals surface area contributed by atoms with Crippen molar-refractivity contribution in [2.24, 2.45) is 0 Å². The van der Waals surface area contributed by atoms with E-state index in [0.717, 1.165) is 15.9 Å². The van der Waals surface area contributed by atoms with Gasteiger partial charge in [0.1, 0.15) is 24.2 Å². The molecule has 4 aromatic rings. The molecule has 0 aromatic heterocycles. The normalized spacial score (nSPS) is 11.9. The minimum absolute atomic E-state index is 0.0546. The van der Waals surface area contributed by atoms with Crippen LogP contribution in [0.25, 0.3) is 0 Å². The number of rotatable bonds is 14. The number of methoxy groups -OCH3 is 1. The van der Waals surface area contributed by atoms with Crippen molar-refractivity contribution in [3.8, 4) is 5.75 Å². The van der Waals surface area contributed by atoms with Crippen LogP contribution in [0.4, 0.5) is 15.8 Å². The molecule has 0 aliphatic rings. The lowest BCUT2D eigenvalue weighted by Gasteiger charge is -2.34. The van der Waals surface area contributed by atoms with Crippen molar-refractivity contribution in [1.82, 2.24) is 10.2 Å². The zero-order valence-electron chi connectivity index (χ0n) is 27.0. The second-order valence-electron chi connectivity index (χ2n) is 11.4. The van der Waals surface area contributed by atoms with Gasteiger partial charge in [0.05, 0.1) is 22.6 Å². The van der Waals surface area contributed by atoms with E-state index in [1.54, 1.807) is 44.2 Å². The van der Waals surface area contributed by atoms with E-state index in [1.165, 1.54) is 73.5 Å². The summed E-state index contributed by atoms with van der Waals surface area (Å²) in [6.45, 7) is 3.85. The number of nitrogens with zero attached hydrogens (tertiary/aromatic N) is 3. The Morgan fingerprint density at radius 3 is 2.21 bits per heavy atom. The molecule has 0 saturated carbocycles. The van der Waals surface area contributed by atoms with Crippen LogP contribution in [-0.4, -0.2) is 55.8 Å². The summed E-state index contributed by atoms with van der Waals surface area (Å²) in [5.41, 5.74) is 0.742. The average Bonchev–Trinajstić information content (AvgIpc) is 3.06. The molecule has 48 heavy (non-hydrogen) atoms. The highest BCUT2D eigenvalue weighted by molar-refractivity contribution is 7.92. The molecule has 1 atom stereocenters. The Labute approximate surface area is 279 Å². The maximum absolute atomic E-state index is 15.0. The molecule has 0 aliphatic heterocycles. The summed E-state index contributed by atoms with van der Waals surface area (Å²) < 4.78 is 49.6. The number of nitro benzene ring substituents is 1. The van der Waals surface area contributed by atoms with E-state index in [-0.39, 0.29) is 35.8 Å². The first-order valence-electron chi connectivity index (χ1n) is 15.1. The molecular weight excluding hydrogens is 639 g/mol. The SMILES string of the molecule is COc1ccc(N(CC(=O)N(Cc2ccccc2F)[C@@H](Cc2ccccc2)C(=O)NC(C)C)S(=O)(=O)c2ccc(C)c([N+](=O)[O-])c2)cc1. The largest absolute Gasteiger partial charge is 0.497 e. The smallest absolute Gasteiger partial charge is 0.273 e. The summed E-state index contributed by atoms with van der Waals surface area (Å²) in [7, 11) is -3.18. The van der Waals surface area contributed by atoms with E-state index in [2.05, 4.69) is 5.32 Å². The highest BCUT2D eigenvalue weighted by atomic mass is 32.2. The first kappa shape index (κ1) is 35.6. The molecule has 13 heteroatoms. The predicted octanol–water partition coefficient (Wildman–Crippen LogP) is 5.41. The lowest BCUT2D eigenvalue weighted by molar-refractivity contribution is -0.385. The van der Waals surface area contributed by atoms with Crippen LogP contribution >= 0.6 is 0 Å². The van der Waals surface area contributed by atoms with Crippen LogP contribution in [0, 0.1) is 22.9 Å². The highest BCUT2D eigenvalue weighted by Gasteiger charge is 2.35. The fourth-order valence-corrected chi connectivity index (χ4v) is 6.53. The van der Waals surface area contributed by atoms with Crippen molar-refractivity contribution in [3.05, 3.63) is 130 Å². The van der Waals surface area contributed by atoms with Gasteiger partial charge in [-0.1, -0.05) is 54.6 Å². The van der Waals surface area contributed by atoms with Crippen molar-refractivity contribution in [1.29, 1.82) is 0 Å². The summed E-state index contributed by atoms with van der Waals surface area (Å²) in [6, 6.07) is 22.7. The van der Waals surface area contributed by atoms with Gasteiger partial charge < -0.3 is 15.0 Å². The molecular formula is C35H37FN4O7S. The standard InChI is InChI=1S/C35H37FN4O7S/c1-24(2)37-35(42)33(20-26-10-6-5-7-11-26)38(22-27-12-8-9-13-31(27)36)34(41)23-39(28-15-17-29(47-4)18-16-28)48(45,46)30-19-14-25(3)32(21-30)40(43)44/h5-19,21,24,33H,20,22-23H2,1-4H3,(H,37,42)/t33-/m0/s1. The number of carbonyl (C=O) groups excluding carboxylic acids is 2. The Bertz CT molecular complexity index is 1870. The molecule has 4 rings (SSSR count). The molecule has 0 spiro atoms. The van der Waals surface area contributed by atoms with Crippen molar-refractivity contribution >= 4 is 33.2 Å². The maximum Gasteiger partial charge on any atom is 0.273 e. The Kier molecular flexibility index (Phi) is 11.5. The predicted molar refractivity (Wildman–Crippen MR) is 180 cm³/mol.